The fourth-order valence-electron chi connectivity index (χ4n) is 2.50. The molecule has 2 rings (SSSR count). The van der Waals surface area contributed by atoms with Gasteiger partial charge < -0.3 is 5.32 Å². The van der Waals surface area contributed by atoms with Crippen LogP contribution < -0.4 is 5.32 Å². The number of rotatable bonds is 3. The average molecular weight is 207 g/mol. The molecule has 1 aliphatic rings. The van der Waals surface area contributed by atoms with Gasteiger partial charge in [0.05, 0.1) is 11.9 Å². The highest BCUT2D eigenvalue weighted by molar-refractivity contribution is 5.38. The van der Waals surface area contributed by atoms with Crippen molar-refractivity contribution in [3.8, 4) is 0 Å². The molecule has 0 saturated heterocycles. The molecule has 0 spiro atoms. The molecule has 1 aromatic rings. The van der Waals surface area contributed by atoms with Gasteiger partial charge in [0.2, 0.25) is 0 Å². The molecule has 1 aliphatic carbocycles. The van der Waals surface area contributed by atoms with Crippen molar-refractivity contribution in [2.24, 2.45) is 11.8 Å². The molecule has 0 radical (unpaired) electrons. The molecule has 1 aromatic heterocycles. The van der Waals surface area contributed by atoms with Gasteiger partial charge in [0, 0.05) is 12.2 Å². The molecule has 3 heteroatoms. The van der Waals surface area contributed by atoms with Gasteiger partial charge in [-0.1, -0.05) is 13.8 Å². The van der Waals surface area contributed by atoms with Crippen molar-refractivity contribution in [3.05, 3.63) is 12.4 Å². The summed E-state index contributed by atoms with van der Waals surface area (Å²) in [5.74, 6) is 1.78. The highest BCUT2D eigenvalue weighted by atomic mass is 15.1. The summed E-state index contributed by atoms with van der Waals surface area (Å²) < 4.78 is 0. The minimum Gasteiger partial charge on any atom is -0.380 e. The van der Waals surface area contributed by atoms with E-state index in [9.17, 15) is 0 Å². The van der Waals surface area contributed by atoms with Crippen LogP contribution >= 0.6 is 0 Å². The molecule has 0 amide bonds. The summed E-state index contributed by atoms with van der Waals surface area (Å²) in [6.07, 6.45) is 9.12. The number of nitrogens with zero attached hydrogens (tertiary/aromatic N) is 1. The van der Waals surface area contributed by atoms with Crippen molar-refractivity contribution in [2.75, 3.05) is 5.32 Å². The maximum absolute atomic E-state index is 3.94. The van der Waals surface area contributed by atoms with Gasteiger partial charge in [-0.05, 0) is 37.5 Å². The molecule has 1 saturated carbocycles. The lowest BCUT2D eigenvalue weighted by molar-refractivity contribution is 0.267. The van der Waals surface area contributed by atoms with Crippen LogP contribution in [-0.4, -0.2) is 16.2 Å². The Morgan fingerprint density at radius 3 is 2.60 bits per heavy atom. The van der Waals surface area contributed by atoms with Crippen LogP contribution in [-0.2, 0) is 0 Å². The van der Waals surface area contributed by atoms with Crippen molar-refractivity contribution in [1.82, 2.24) is 10.2 Å². The van der Waals surface area contributed by atoms with E-state index in [2.05, 4.69) is 29.4 Å². The number of nitrogens with one attached hydrogen (secondary N) is 2. The highest BCUT2D eigenvalue weighted by Crippen LogP contribution is 2.31. The van der Waals surface area contributed by atoms with Gasteiger partial charge in [0.15, 0.2) is 0 Å². The van der Waals surface area contributed by atoms with Gasteiger partial charge in [-0.3, -0.25) is 5.10 Å². The van der Waals surface area contributed by atoms with Gasteiger partial charge in [-0.2, -0.15) is 5.10 Å². The first-order valence-electron chi connectivity index (χ1n) is 6.01. The van der Waals surface area contributed by atoms with Gasteiger partial charge in [0.1, 0.15) is 0 Å². The maximum atomic E-state index is 3.94. The number of anilines is 1. The zero-order chi connectivity index (χ0) is 10.7. The van der Waals surface area contributed by atoms with E-state index in [1.54, 1.807) is 0 Å². The molecular weight excluding hydrogens is 186 g/mol. The van der Waals surface area contributed by atoms with Gasteiger partial charge in [-0.25, -0.2) is 0 Å². The van der Waals surface area contributed by atoms with Crippen LogP contribution in [0.25, 0.3) is 0 Å². The van der Waals surface area contributed by atoms with Crippen LogP contribution in [0.5, 0.6) is 0 Å². The van der Waals surface area contributed by atoms with E-state index in [-0.39, 0.29) is 0 Å². The highest BCUT2D eigenvalue weighted by Gasteiger charge is 2.22. The Kier molecular flexibility index (Phi) is 3.29. The molecule has 15 heavy (non-hydrogen) atoms. The Balaban J connectivity index is 1.79. The third-order valence-electron chi connectivity index (χ3n) is 3.58. The van der Waals surface area contributed by atoms with E-state index in [0.29, 0.717) is 6.04 Å². The van der Waals surface area contributed by atoms with E-state index < -0.39 is 0 Å². The van der Waals surface area contributed by atoms with E-state index in [4.69, 9.17) is 0 Å². The average Bonchev–Trinajstić information content (AvgIpc) is 2.71. The summed E-state index contributed by atoms with van der Waals surface area (Å²) in [6.45, 7) is 4.68. The minimum atomic E-state index is 0.651. The van der Waals surface area contributed by atoms with E-state index in [1.165, 1.54) is 25.7 Å². The molecule has 0 bridgehead atoms. The molecule has 84 valence electrons. The molecule has 2 N–H and O–H groups in total. The second kappa shape index (κ2) is 4.69. The molecular formula is C12H21N3. The topological polar surface area (TPSA) is 40.7 Å². The van der Waals surface area contributed by atoms with Gasteiger partial charge in [-0.15, -0.1) is 0 Å². The van der Waals surface area contributed by atoms with Crippen molar-refractivity contribution in [3.63, 3.8) is 0 Å². The van der Waals surface area contributed by atoms with Gasteiger partial charge in [0.25, 0.3) is 0 Å². The zero-order valence-electron chi connectivity index (χ0n) is 9.66. The van der Waals surface area contributed by atoms with Crippen LogP contribution in [0, 0.1) is 11.8 Å². The van der Waals surface area contributed by atoms with Crippen molar-refractivity contribution >= 4 is 5.69 Å². The normalized spacial score (nSPS) is 26.9. The molecule has 0 unspecified atom stereocenters. The summed E-state index contributed by atoms with van der Waals surface area (Å²) in [5.41, 5.74) is 1.13. The third kappa shape index (κ3) is 2.74. The first-order chi connectivity index (χ1) is 7.25. The molecule has 1 fully saturated rings. The predicted molar refractivity (Wildman–Crippen MR) is 62.8 cm³/mol. The van der Waals surface area contributed by atoms with Crippen LogP contribution in [0.3, 0.4) is 0 Å². The summed E-state index contributed by atoms with van der Waals surface area (Å²) in [5, 5.41) is 10.3. The maximum Gasteiger partial charge on any atom is 0.0725 e. The summed E-state index contributed by atoms with van der Waals surface area (Å²) in [6, 6.07) is 0.651. The van der Waals surface area contributed by atoms with Crippen molar-refractivity contribution < 1.29 is 0 Å². The van der Waals surface area contributed by atoms with Crippen molar-refractivity contribution in [1.29, 1.82) is 0 Å². The Labute approximate surface area is 91.7 Å². The van der Waals surface area contributed by atoms with E-state index in [0.717, 1.165) is 17.5 Å². The Bertz CT molecular complexity index is 271. The van der Waals surface area contributed by atoms with Crippen LogP contribution in [0.4, 0.5) is 5.69 Å². The molecule has 1 heterocycles. The Morgan fingerprint density at radius 2 is 2.07 bits per heavy atom. The first kappa shape index (κ1) is 10.5. The van der Waals surface area contributed by atoms with Crippen LogP contribution in [0.15, 0.2) is 12.4 Å². The number of H-pyrrole nitrogens is 1. The second-order valence-electron chi connectivity index (χ2n) is 4.99. The quantitative estimate of drug-likeness (QED) is 0.799. The fraction of sp³-hybridized carbons (Fsp3) is 0.750. The van der Waals surface area contributed by atoms with Gasteiger partial charge >= 0.3 is 0 Å². The Hall–Kier alpha value is -0.990. The van der Waals surface area contributed by atoms with E-state index >= 15 is 0 Å². The van der Waals surface area contributed by atoms with Crippen molar-refractivity contribution in [2.45, 2.75) is 45.6 Å². The predicted octanol–water partition coefficient (Wildman–Crippen LogP) is 3.04. The lowest BCUT2D eigenvalue weighted by Gasteiger charge is -2.31. The number of aromatic nitrogens is 2. The third-order valence-corrected chi connectivity index (χ3v) is 3.58. The Morgan fingerprint density at radius 1 is 1.33 bits per heavy atom. The first-order valence-corrected chi connectivity index (χ1v) is 6.01. The minimum absolute atomic E-state index is 0.651. The largest absolute Gasteiger partial charge is 0.380 e. The molecule has 0 aromatic carbocycles. The molecule has 0 aliphatic heterocycles. The van der Waals surface area contributed by atoms with E-state index in [1.807, 2.05) is 12.4 Å². The number of hydrogen-bond donors (Lipinski definition) is 2. The number of aromatic amines is 1. The summed E-state index contributed by atoms with van der Waals surface area (Å²) >= 11 is 0. The lowest BCUT2D eigenvalue weighted by Crippen LogP contribution is -2.27. The molecule has 0 atom stereocenters. The lowest BCUT2D eigenvalue weighted by atomic mass is 9.80. The molecule has 3 nitrogen and oxygen atoms in total. The summed E-state index contributed by atoms with van der Waals surface area (Å²) in [7, 11) is 0. The zero-order valence-corrected chi connectivity index (χ0v) is 9.66. The second-order valence-corrected chi connectivity index (χ2v) is 4.99. The number of hydrogen-bond acceptors (Lipinski definition) is 2. The standard InChI is InChI=1S/C12H21N3/c1-9(2)10-3-5-11(6-4-10)15-12-7-13-14-8-12/h7-11,15H,3-6H2,1-2H3,(H,13,14). The summed E-state index contributed by atoms with van der Waals surface area (Å²) in [4.78, 5) is 0. The fourth-order valence-corrected chi connectivity index (χ4v) is 2.50. The monoisotopic (exact) mass is 207 g/mol. The van der Waals surface area contributed by atoms with Crippen LogP contribution in [0.2, 0.25) is 0 Å². The smallest absolute Gasteiger partial charge is 0.0725 e. The van der Waals surface area contributed by atoms with Crippen LogP contribution in [0.1, 0.15) is 39.5 Å². The SMILES string of the molecule is CC(C)C1CCC(Nc2cn[nH]c2)CC1.